The summed E-state index contributed by atoms with van der Waals surface area (Å²) in [5.41, 5.74) is 1.20. The lowest BCUT2D eigenvalue weighted by Crippen LogP contribution is -2.31. The molecule has 1 fully saturated rings. The Kier molecular flexibility index (Phi) is 4.85. The molecule has 0 saturated carbocycles. The average molecular weight is 458 g/mol. The number of fused-ring (bicyclic) bond motifs is 1. The number of anilines is 1. The first-order chi connectivity index (χ1) is 15.3. The van der Waals surface area contributed by atoms with E-state index in [-0.39, 0.29) is 6.03 Å². The quantitative estimate of drug-likeness (QED) is 0.447. The number of alkyl halides is 3. The van der Waals surface area contributed by atoms with E-state index >= 15 is 0 Å². The number of carbonyl (C=O) groups is 1. The molecule has 0 aliphatic carbocycles. The maximum absolute atomic E-state index is 13.0. The Morgan fingerprint density at radius 2 is 1.84 bits per heavy atom. The second-order valence-electron chi connectivity index (χ2n) is 7.38. The van der Waals surface area contributed by atoms with Crippen LogP contribution in [-0.4, -0.2) is 44.0 Å². The van der Waals surface area contributed by atoms with Gasteiger partial charge in [-0.15, -0.1) is 10.2 Å². The Labute approximate surface area is 184 Å². The van der Waals surface area contributed by atoms with Crippen molar-refractivity contribution < 1.29 is 18.0 Å². The lowest BCUT2D eigenvalue weighted by molar-refractivity contribution is -0.137. The normalized spacial score (nSPS) is 14.7. The summed E-state index contributed by atoms with van der Waals surface area (Å²) >= 11 is 1.46. The number of rotatable bonds is 4. The molecule has 0 spiro atoms. The molecule has 5 rings (SSSR count). The molecule has 11 heteroatoms. The summed E-state index contributed by atoms with van der Waals surface area (Å²) in [4.78, 5) is 16.5. The number of halogens is 3. The molecule has 2 aromatic heterocycles. The molecule has 0 N–H and O–H groups in total. The highest BCUT2D eigenvalue weighted by Crippen LogP contribution is 2.33. The third-order valence-electron chi connectivity index (χ3n) is 5.31. The van der Waals surface area contributed by atoms with Crippen LogP contribution in [0.25, 0.3) is 16.6 Å². The van der Waals surface area contributed by atoms with Crippen molar-refractivity contribution in [3.8, 4) is 5.69 Å². The average Bonchev–Trinajstić information content (AvgIpc) is 3.47. The van der Waals surface area contributed by atoms with E-state index in [2.05, 4.69) is 15.3 Å². The fraction of sp³-hybridized carbons (Fsp3) is 0.238. The Bertz CT molecular complexity index is 1300. The van der Waals surface area contributed by atoms with Gasteiger partial charge in [0.1, 0.15) is 10.0 Å². The predicted octanol–water partition coefficient (Wildman–Crippen LogP) is 4.65. The molecular formula is C21H17F3N6OS. The third-order valence-corrected chi connectivity index (χ3v) is 6.13. The molecule has 2 aromatic carbocycles. The monoisotopic (exact) mass is 458 g/mol. The molecule has 0 bridgehead atoms. The summed E-state index contributed by atoms with van der Waals surface area (Å²) in [7, 11) is 0. The minimum atomic E-state index is -4.40. The van der Waals surface area contributed by atoms with Gasteiger partial charge in [-0.2, -0.15) is 18.3 Å². The van der Waals surface area contributed by atoms with Gasteiger partial charge in [0, 0.05) is 18.5 Å². The molecule has 3 heterocycles. The van der Waals surface area contributed by atoms with Crippen molar-refractivity contribution in [3.63, 3.8) is 0 Å². The number of hydrogen-bond acceptors (Lipinski definition) is 5. The van der Waals surface area contributed by atoms with Crippen LogP contribution in [0.1, 0.15) is 15.6 Å². The molecule has 4 aromatic rings. The number of aryl methyl sites for hydroxylation is 1. The summed E-state index contributed by atoms with van der Waals surface area (Å²) in [5, 5.41) is 14.8. The number of amides is 2. The number of nitrogens with zero attached hydrogens (tertiary/aromatic N) is 6. The number of benzene rings is 2. The first-order valence-corrected chi connectivity index (χ1v) is 10.6. The topological polar surface area (TPSA) is 67.2 Å². The molecule has 7 nitrogen and oxygen atoms in total. The molecule has 0 unspecified atom stereocenters. The van der Waals surface area contributed by atoms with Crippen molar-refractivity contribution in [2.24, 2.45) is 0 Å². The highest BCUT2D eigenvalue weighted by atomic mass is 32.1. The highest BCUT2D eigenvalue weighted by Gasteiger charge is 2.32. The standard InChI is InChI=1S/C21H17F3N6OS/c1-13-26-27-19(32-13)12-28-9-10-29(20(28)31)17-3-2-4-18-16(17)11-25-30(18)15-7-5-14(6-8-15)21(22,23)24/h2-8,11H,9-10,12H2,1H3. The third kappa shape index (κ3) is 3.58. The molecule has 1 saturated heterocycles. The number of aromatic nitrogens is 4. The lowest BCUT2D eigenvalue weighted by atomic mass is 10.2. The smallest absolute Gasteiger partial charge is 0.316 e. The van der Waals surface area contributed by atoms with Crippen LogP contribution >= 0.6 is 11.3 Å². The van der Waals surface area contributed by atoms with Crippen LogP contribution in [-0.2, 0) is 12.7 Å². The zero-order valence-corrected chi connectivity index (χ0v) is 17.7. The maximum atomic E-state index is 13.0. The van der Waals surface area contributed by atoms with Gasteiger partial charge in [-0.3, -0.25) is 4.90 Å². The van der Waals surface area contributed by atoms with Gasteiger partial charge in [-0.1, -0.05) is 17.4 Å². The maximum Gasteiger partial charge on any atom is 0.416 e. The molecule has 2 amide bonds. The first-order valence-electron chi connectivity index (χ1n) is 9.81. The molecule has 32 heavy (non-hydrogen) atoms. The van der Waals surface area contributed by atoms with E-state index in [1.807, 2.05) is 25.1 Å². The van der Waals surface area contributed by atoms with Crippen LogP contribution in [0.15, 0.2) is 48.7 Å². The SMILES string of the molecule is Cc1nnc(CN2CCN(c3cccc4c3cnn4-c3ccc(C(F)(F)F)cc3)C2=O)s1. The zero-order valence-electron chi connectivity index (χ0n) is 16.9. The van der Waals surface area contributed by atoms with Gasteiger partial charge >= 0.3 is 12.2 Å². The number of urea groups is 1. The van der Waals surface area contributed by atoms with E-state index in [0.29, 0.717) is 36.5 Å². The van der Waals surface area contributed by atoms with Crippen molar-refractivity contribution in [3.05, 3.63) is 64.2 Å². The second-order valence-corrected chi connectivity index (χ2v) is 8.65. The molecular weight excluding hydrogens is 441 g/mol. The molecule has 0 radical (unpaired) electrons. The van der Waals surface area contributed by atoms with Gasteiger partial charge in [-0.05, 0) is 43.3 Å². The van der Waals surface area contributed by atoms with Gasteiger partial charge in [0.25, 0.3) is 0 Å². The minimum Gasteiger partial charge on any atom is -0.316 e. The molecule has 1 aliphatic rings. The Balaban J connectivity index is 1.44. The van der Waals surface area contributed by atoms with E-state index < -0.39 is 11.7 Å². The highest BCUT2D eigenvalue weighted by molar-refractivity contribution is 7.11. The van der Waals surface area contributed by atoms with Crippen LogP contribution in [0, 0.1) is 6.92 Å². The summed E-state index contributed by atoms with van der Waals surface area (Å²) < 4.78 is 40.2. The number of hydrogen-bond donors (Lipinski definition) is 0. The van der Waals surface area contributed by atoms with E-state index in [9.17, 15) is 18.0 Å². The van der Waals surface area contributed by atoms with Crippen molar-refractivity contribution in [2.45, 2.75) is 19.6 Å². The zero-order chi connectivity index (χ0) is 22.5. The summed E-state index contributed by atoms with van der Waals surface area (Å²) in [6, 6.07) is 10.2. The van der Waals surface area contributed by atoms with Crippen LogP contribution in [0.4, 0.5) is 23.7 Å². The predicted molar refractivity (Wildman–Crippen MR) is 114 cm³/mol. The van der Waals surface area contributed by atoms with Crippen LogP contribution in [0.5, 0.6) is 0 Å². The van der Waals surface area contributed by atoms with E-state index in [0.717, 1.165) is 27.5 Å². The van der Waals surface area contributed by atoms with E-state index in [1.165, 1.54) is 23.5 Å². The van der Waals surface area contributed by atoms with Gasteiger partial charge in [0.15, 0.2) is 0 Å². The van der Waals surface area contributed by atoms with E-state index in [1.54, 1.807) is 20.7 Å². The Hall–Kier alpha value is -3.47. The van der Waals surface area contributed by atoms with Gasteiger partial charge in [-0.25, -0.2) is 9.48 Å². The van der Waals surface area contributed by atoms with Gasteiger partial charge in [0.05, 0.1) is 35.2 Å². The first kappa shape index (κ1) is 20.4. The minimum absolute atomic E-state index is 0.132. The largest absolute Gasteiger partial charge is 0.416 e. The Morgan fingerprint density at radius 1 is 1.06 bits per heavy atom. The molecule has 1 aliphatic heterocycles. The second kappa shape index (κ2) is 7.59. The lowest BCUT2D eigenvalue weighted by Gasteiger charge is -2.18. The van der Waals surface area contributed by atoms with Crippen molar-refractivity contribution in [1.29, 1.82) is 0 Å². The summed E-state index contributed by atoms with van der Waals surface area (Å²) in [6.07, 6.45) is -2.76. The molecule has 0 atom stereocenters. The fourth-order valence-electron chi connectivity index (χ4n) is 3.79. The van der Waals surface area contributed by atoms with E-state index in [4.69, 9.17) is 0 Å². The van der Waals surface area contributed by atoms with Gasteiger partial charge < -0.3 is 4.90 Å². The fourth-order valence-corrected chi connectivity index (χ4v) is 4.51. The van der Waals surface area contributed by atoms with Crippen molar-refractivity contribution in [1.82, 2.24) is 24.9 Å². The van der Waals surface area contributed by atoms with Crippen LogP contribution in [0.2, 0.25) is 0 Å². The Morgan fingerprint density at radius 3 is 2.53 bits per heavy atom. The summed E-state index contributed by atoms with van der Waals surface area (Å²) in [6.45, 7) is 3.35. The van der Waals surface area contributed by atoms with Crippen molar-refractivity contribution in [2.75, 3.05) is 18.0 Å². The number of carbonyl (C=O) groups excluding carboxylic acids is 1. The molecule has 164 valence electrons. The van der Waals surface area contributed by atoms with Crippen molar-refractivity contribution >= 4 is 34.0 Å². The van der Waals surface area contributed by atoms with Crippen LogP contribution < -0.4 is 4.90 Å². The van der Waals surface area contributed by atoms with Crippen LogP contribution in [0.3, 0.4) is 0 Å². The summed E-state index contributed by atoms with van der Waals surface area (Å²) in [5.74, 6) is 0. The van der Waals surface area contributed by atoms with Gasteiger partial charge in [0.2, 0.25) is 0 Å².